The zero-order valence-electron chi connectivity index (χ0n) is 16.7. The molecule has 3 rings (SSSR count). The molecule has 4 nitrogen and oxygen atoms in total. The van der Waals surface area contributed by atoms with E-state index in [1.165, 1.54) is 24.3 Å². The first kappa shape index (κ1) is 25.3. The van der Waals surface area contributed by atoms with E-state index in [0.717, 1.165) is 17.2 Å². The van der Waals surface area contributed by atoms with Crippen molar-refractivity contribution in [1.29, 1.82) is 0 Å². The third-order valence-electron chi connectivity index (χ3n) is 4.20. The van der Waals surface area contributed by atoms with Crippen LogP contribution in [-0.2, 0) is 6.54 Å². The van der Waals surface area contributed by atoms with E-state index in [1.807, 2.05) is 24.3 Å². The number of hydrogen-bond donors (Lipinski definition) is 4. The number of nitrogens with one attached hydrogen (secondary N) is 1. The summed E-state index contributed by atoms with van der Waals surface area (Å²) in [4.78, 5) is 0. The van der Waals surface area contributed by atoms with Gasteiger partial charge in [-0.3, -0.25) is 0 Å². The third-order valence-corrected chi connectivity index (χ3v) is 4.67. The first-order valence-electron chi connectivity index (χ1n) is 9.41. The Morgan fingerprint density at radius 2 is 1.42 bits per heavy atom. The van der Waals surface area contributed by atoms with Crippen LogP contribution in [0.3, 0.4) is 0 Å². The number of rotatable bonds is 6. The van der Waals surface area contributed by atoms with Crippen LogP contribution >= 0.6 is 23.2 Å². The Hall–Kier alpha value is -1.93. The van der Waals surface area contributed by atoms with Gasteiger partial charge in [-0.2, -0.15) is 0 Å². The molecule has 0 fully saturated rings. The fourth-order valence-electron chi connectivity index (χ4n) is 2.66. The highest BCUT2D eigenvalue weighted by atomic mass is 35.5. The van der Waals surface area contributed by atoms with Gasteiger partial charge >= 0.3 is 7.12 Å². The lowest BCUT2D eigenvalue weighted by Crippen LogP contribution is -2.32. The van der Waals surface area contributed by atoms with Gasteiger partial charge in [0.2, 0.25) is 0 Å². The molecule has 0 aromatic heterocycles. The molecule has 0 saturated heterocycles. The maximum absolute atomic E-state index is 13.7. The van der Waals surface area contributed by atoms with Gasteiger partial charge in [0, 0.05) is 34.1 Å². The summed E-state index contributed by atoms with van der Waals surface area (Å²) in [5.74, 6) is -0.959. The van der Waals surface area contributed by atoms with Gasteiger partial charge in [0.05, 0.1) is 0 Å². The van der Waals surface area contributed by atoms with Crippen molar-refractivity contribution in [2.45, 2.75) is 13.4 Å². The molecule has 0 heterocycles. The van der Waals surface area contributed by atoms with E-state index in [9.17, 15) is 8.78 Å². The molecule has 0 spiro atoms. The monoisotopic (exact) mass is 465 g/mol. The molecule has 31 heavy (non-hydrogen) atoms. The predicted octanol–water partition coefficient (Wildman–Crippen LogP) is 3.55. The second kappa shape index (κ2) is 12.2. The molecule has 0 bridgehead atoms. The van der Waals surface area contributed by atoms with E-state index < -0.39 is 12.9 Å². The number of benzene rings is 3. The molecule has 0 aliphatic heterocycles. The van der Waals surface area contributed by atoms with Gasteiger partial charge in [0.15, 0.2) is 0 Å². The Morgan fingerprint density at radius 3 is 1.97 bits per heavy atom. The van der Waals surface area contributed by atoms with Crippen LogP contribution in [0, 0.1) is 11.6 Å². The zero-order chi connectivity index (χ0) is 23.0. The van der Waals surface area contributed by atoms with E-state index in [-0.39, 0.29) is 23.2 Å². The van der Waals surface area contributed by atoms with Crippen molar-refractivity contribution in [2.24, 2.45) is 0 Å². The standard InChI is InChI=1S/C15H16BClFNO.C6H5BClFO2/c1-16(20)10-19-9-11-2-4-12(5-3-11)14-8-13(17)6-7-15(14)18;8-4-1-2-6(9)5(3-4)7(10)11/h2-8,19-20H,9-10H2,1H3;1-3,10-11H. The molecule has 10 heteroatoms. The Bertz CT molecular complexity index is 993. The lowest BCUT2D eigenvalue weighted by Gasteiger charge is -2.07. The molecule has 3 aromatic carbocycles. The summed E-state index contributed by atoms with van der Waals surface area (Å²) in [7, 11) is -1.81. The Labute approximate surface area is 190 Å². The SMILES string of the molecule is CB(O)CNCc1ccc(-c2cc(Cl)ccc2F)cc1.OB(O)c1cc(Cl)ccc1F. The largest absolute Gasteiger partial charge is 0.491 e. The van der Waals surface area contributed by atoms with Crippen LogP contribution in [0.25, 0.3) is 11.1 Å². The molecule has 162 valence electrons. The summed E-state index contributed by atoms with van der Waals surface area (Å²) in [6.07, 6.45) is 0.546. The Morgan fingerprint density at radius 1 is 0.839 bits per heavy atom. The highest BCUT2D eigenvalue weighted by molar-refractivity contribution is 6.59. The molecule has 0 radical (unpaired) electrons. The van der Waals surface area contributed by atoms with Crippen molar-refractivity contribution < 1.29 is 23.9 Å². The highest BCUT2D eigenvalue weighted by Crippen LogP contribution is 2.26. The van der Waals surface area contributed by atoms with Crippen molar-refractivity contribution >= 4 is 42.7 Å². The lowest BCUT2D eigenvalue weighted by atomic mass is 9.72. The van der Waals surface area contributed by atoms with Crippen LogP contribution < -0.4 is 10.8 Å². The van der Waals surface area contributed by atoms with Gasteiger partial charge in [0.25, 0.3) is 6.92 Å². The molecule has 0 aliphatic rings. The second-order valence-corrected chi connectivity index (χ2v) is 7.71. The van der Waals surface area contributed by atoms with Gasteiger partial charge in [-0.25, -0.2) is 8.78 Å². The molecular weight excluding hydrogens is 445 g/mol. The summed E-state index contributed by atoms with van der Waals surface area (Å²) in [6, 6.07) is 15.7. The van der Waals surface area contributed by atoms with E-state index in [0.29, 0.717) is 23.6 Å². The minimum Gasteiger partial charge on any atom is -0.449 e. The first-order valence-corrected chi connectivity index (χ1v) is 10.2. The van der Waals surface area contributed by atoms with Crippen LogP contribution in [0.2, 0.25) is 16.9 Å². The lowest BCUT2D eigenvalue weighted by molar-refractivity contribution is 0.423. The molecule has 0 aliphatic carbocycles. The van der Waals surface area contributed by atoms with Gasteiger partial charge in [-0.05, 0) is 47.5 Å². The average molecular weight is 466 g/mol. The van der Waals surface area contributed by atoms with E-state index in [2.05, 4.69) is 5.32 Å². The maximum atomic E-state index is 13.7. The molecule has 0 unspecified atom stereocenters. The first-order chi connectivity index (χ1) is 14.7. The fraction of sp³-hybridized carbons (Fsp3) is 0.143. The summed E-state index contributed by atoms with van der Waals surface area (Å²) in [6.45, 7) is 2.04. The van der Waals surface area contributed by atoms with Crippen LogP contribution in [0.5, 0.6) is 0 Å². The summed E-state index contributed by atoms with van der Waals surface area (Å²) >= 11 is 11.4. The van der Waals surface area contributed by atoms with Gasteiger partial charge in [-0.1, -0.05) is 54.3 Å². The average Bonchev–Trinajstić information content (AvgIpc) is 2.72. The van der Waals surface area contributed by atoms with Gasteiger partial charge in [-0.15, -0.1) is 0 Å². The van der Waals surface area contributed by atoms with Crippen LogP contribution in [0.1, 0.15) is 5.56 Å². The Balaban J connectivity index is 0.000000262. The van der Waals surface area contributed by atoms with E-state index in [4.69, 9.17) is 38.3 Å². The van der Waals surface area contributed by atoms with Crippen molar-refractivity contribution in [1.82, 2.24) is 5.32 Å². The van der Waals surface area contributed by atoms with Gasteiger partial charge in [0.1, 0.15) is 11.6 Å². The summed E-state index contributed by atoms with van der Waals surface area (Å²) < 4.78 is 26.4. The summed E-state index contributed by atoms with van der Waals surface area (Å²) in [5.41, 5.74) is 2.17. The molecule has 0 amide bonds. The van der Waals surface area contributed by atoms with E-state index in [1.54, 1.807) is 12.9 Å². The zero-order valence-corrected chi connectivity index (χ0v) is 18.2. The predicted molar refractivity (Wildman–Crippen MR) is 124 cm³/mol. The fourth-order valence-corrected chi connectivity index (χ4v) is 3.01. The minimum absolute atomic E-state index is 0.211. The second-order valence-electron chi connectivity index (χ2n) is 6.84. The number of halogens is 4. The van der Waals surface area contributed by atoms with Crippen LogP contribution in [0.4, 0.5) is 8.78 Å². The smallest absolute Gasteiger partial charge is 0.449 e. The normalized spacial score (nSPS) is 10.3. The molecule has 3 aromatic rings. The maximum Gasteiger partial charge on any atom is 0.491 e. The van der Waals surface area contributed by atoms with Crippen molar-refractivity contribution in [3.8, 4) is 11.1 Å². The van der Waals surface area contributed by atoms with Crippen molar-refractivity contribution in [3.63, 3.8) is 0 Å². The van der Waals surface area contributed by atoms with E-state index >= 15 is 0 Å². The van der Waals surface area contributed by atoms with Gasteiger partial charge < -0.3 is 20.4 Å². The topological polar surface area (TPSA) is 72.7 Å². The highest BCUT2D eigenvalue weighted by Gasteiger charge is 2.16. The Kier molecular flexibility index (Phi) is 9.96. The third kappa shape index (κ3) is 8.26. The van der Waals surface area contributed by atoms with Crippen LogP contribution in [-0.4, -0.2) is 35.6 Å². The van der Waals surface area contributed by atoms with Crippen molar-refractivity contribution in [2.75, 3.05) is 6.44 Å². The molecule has 0 saturated carbocycles. The summed E-state index contributed by atoms with van der Waals surface area (Å²) in [5, 5.41) is 30.3. The molecule has 4 N–H and O–H groups in total. The quantitative estimate of drug-likeness (QED) is 0.420. The minimum atomic E-state index is -1.81. The van der Waals surface area contributed by atoms with Crippen molar-refractivity contribution in [3.05, 3.63) is 87.9 Å². The van der Waals surface area contributed by atoms with Crippen LogP contribution in [0.15, 0.2) is 60.7 Å². The molecule has 0 atom stereocenters. The molecular formula is C21H21B2Cl2F2NO3. The number of hydrogen-bond acceptors (Lipinski definition) is 4.